The first-order valence-electron chi connectivity index (χ1n) is 13.5. The fraction of sp³-hybridized carbons (Fsp3) is 0.552. The van der Waals surface area contributed by atoms with Crippen LogP contribution in [0.5, 0.6) is 11.5 Å². The molecule has 4 rings (SSSR count). The summed E-state index contributed by atoms with van der Waals surface area (Å²) < 4.78 is 11.7. The average molecular weight is 527 g/mol. The van der Waals surface area contributed by atoms with Crippen molar-refractivity contribution in [1.29, 1.82) is 0 Å². The summed E-state index contributed by atoms with van der Waals surface area (Å²) in [6.07, 6.45) is 8.69. The highest BCUT2D eigenvalue weighted by Gasteiger charge is 2.52. The van der Waals surface area contributed by atoms with Gasteiger partial charge in [-0.05, 0) is 50.3 Å². The SMILES string of the molecule is C=CCCCCC(=O)N(C1CCCC1)C1C=C(C(=O)NCCO)C2c3cc(C=O)cc(OC)c3OC2C1O. The first-order valence-corrected chi connectivity index (χ1v) is 13.5. The number of ether oxygens (including phenoxy) is 2. The molecule has 9 nitrogen and oxygen atoms in total. The van der Waals surface area contributed by atoms with Crippen molar-refractivity contribution in [2.75, 3.05) is 20.3 Å². The number of nitrogens with one attached hydrogen (secondary N) is 1. The minimum atomic E-state index is -1.11. The van der Waals surface area contributed by atoms with Crippen LogP contribution in [-0.2, 0) is 9.59 Å². The van der Waals surface area contributed by atoms with Gasteiger partial charge in [-0.15, -0.1) is 6.58 Å². The van der Waals surface area contributed by atoms with Crippen LogP contribution in [0.1, 0.15) is 73.2 Å². The van der Waals surface area contributed by atoms with E-state index in [1.807, 2.05) is 6.08 Å². The molecule has 3 N–H and O–H groups in total. The lowest BCUT2D eigenvalue weighted by molar-refractivity contribution is -0.140. The van der Waals surface area contributed by atoms with Crippen LogP contribution >= 0.6 is 0 Å². The molecule has 0 aromatic heterocycles. The van der Waals surface area contributed by atoms with Crippen LogP contribution < -0.4 is 14.8 Å². The zero-order valence-corrected chi connectivity index (χ0v) is 21.9. The Kier molecular flexibility index (Phi) is 9.22. The van der Waals surface area contributed by atoms with Crippen molar-refractivity contribution in [3.8, 4) is 11.5 Å². The van der Waals surface area contributed by atoms with Crippen molar-refractivity contribution in [3.63, 3.8) is 0 Å². The van der Waals surface area contributed by atoms with E-state index >= 15 is 0 Å². The van der Waals surface area contributed by atoms with Gasteiger partial charge in [0.25, 0.3) is 0 Å². The van der Waals surface area contributed by atoms with E-state index in [9.17, 15) is 24.6 Å². The number of allylic oxidation sites excluding steroid dienone is 1. The number of nitrogens with zero attached hydrogens (tertiary/aromatic N) is 1. The molecular weight excluding hydrogens is 488 g/mol. The molecule has 0 spiro atoms. The third-order valence-corrected chi connectivity index (χ3v) is 7.79. The molecule has 1 fully saturated rings. The molecule has 0 saturated heterocycles. The van der Waals surface area contributed by atoms with E-state index in [1.54, 1.807) is 23.1 Å². The maximum Gasteiger partial charge on any atom is 0.247 e. The molecule has 0 radical (unpaired) electrons. The Morgan fingerprint density at radius 2 is 2.03 bits per heavy atom. The van der Waals surface area contributed by atoms with E-state index in [0.717, 1.165) is 38.5 Å². The summed E-state index contributed by atoms with van der Waals surface area (Å²) in [7, 11) is 1.46. The number of hydrogen-bond donors (Lipinski definition) is 3. The number of carbonyl (C=O) groups is 3. The highest BCUT2D eigenvalue weighted by molar-refractivity contribution is 5.96. The molecule has 4 atom stereocenters. The number of aliphatic hydroxyl groups is 2. The molecule has 2 amide bonds. The Labute approximate surface area is 223 Å². The Morgan fingerprint density at radius 1 is 1.26 bits per heavy atom. The number of fused-ring (bicyclic) bond motifs is 3. The number of aliphatic hydroxyl groups excluding tert-OH is 2. The summed E-state index contributed by atoms with van der Waals surface area (Å²) >= 11 is 0. The number of carbonyl (C=O) groups excluding carboxylic acids is 3. The zero-order chi connectivity index (χ0) is 27.2. The fourth-order valence-corrected chi connectivity index (χ4v) is 6.02. The van der Waals surface area contributed by atoms with Gasteiger partial charge in [0, 0.05) is 35.7 Å². The predicted molar refractivity (Wildman–Crippen MR) is 141 cm³/mol. The first kappa shape index (κ1) is 27.9. The Morgan fingerprint density at radius 3 is 2.68 bits per heavy atom. The molecule has 38 heavy (non-hydrogen) atoms. The minimum absolute atomic E-state index is 0.0314. The van der Waals surface area contributed by atoms with E-state index in [2.05, 4.69) is 11.9 Å². The van der Waals surface area contributed by atoms with E-state index < -0.39 is 30.1 Å². The molecule has 206 valence electrons. The summed E-state index contributed by atoms with van der Waals surface area (Å²) in [5, 5.41) is 23.7. The monoisotopic (exact) mass is 526 g/mol. The number of benzene rings is 1. The van der Waals surface area contributed by atoms with Gasteiger partial charge in [0.15, 0.2) is 11.5 Å². The molecule has 4 unspecified atom stereocenters. The van der Waals surface area contributed by atoms with Crippen LogP contribution in [0.4, 0.5) is 0 Å². The number of hydrogen-bond acceptors (Lipinski definition) is 7. The van der Waals surface area contributed by atoms with Gasteiger partial charge in [-0.3, -0.25) is 14.4 Å². The fourth-order valence-electron chi connectivity index (χ4n) is 6.02. The molecular formula is C29H38N2O7. The van der Waals surface area contributed by atoms with Crippen LogP contribution in [-0.4, -0.2) is 77.8 Å². The second-order valence-electron chi connectivity index (χ2n) is 10.2. The topological polar surface area (TPSA) is 125 Å². The van der Waals surface area contributed by atoms with Crippen molar-refractivity contribution >= 4 is 18.1 Å². The standard InChI is InChI=1S/C29H38N2O7/c1-3-4-5-6-11-24(34)31(19-9-7-8-10-19)22-16-21(29(36)30-12-13-32)25-20-14-18(17-33)15-23(37-2)27(20)38-28(25)26(22)35/h3,14-17,19,22,25-26,28,32,35H,1,4-13H2,2H3,(H,30,36). The van der Waals surface area contributed by atoms with Crippen molar-refractivity contribution in [2.24, 2.45) is 0 Å². The van der Waals surface area contributed by atoms with Crippen LogP contribution in [0.25, 0.3) is 0 Å². The van der Waals surface area contributed by atoms with Gasteiger partial charge in [0.05, 0.1) is 25.7 Å². The third kappa shape index (κ3) is 5.49. The Balaban J connectivity index is 1.75. The van der Waals surface area contributed by atoms with E-state index in [0.29, 0.717) is 47.3 Å². The Hall–Kier alpha value is -3.17. The highest BCUT2D eigenvalue weighted by Crippen LogP contribution is 2.51. The summed E-state index contributed by atoms with van der Waals surface area (Å²) in [4.78, 5) is 40.4. The average Bonchev–Trinajstić information content (AvgIpc) is 3.59. The number of unbranched alkanes of at least 4 members (excludes halogenated alkanes) is 2. The number of amides is 2. The lowest BCUT2D eigenvalue weighted by Crippen LogP contribution is -2.58. The molecule has 0 bridgehead atoms. The molecule has 1 aromatic rings. The minimum Gasteiger partial charge on any atom is -0.493 e. The summed E-state index contributed by atoms with van der Waals surface area (Å²) in [5.41, 5.74) is 1.27. The second-order valence-corrected chi connectivity index (χ2v) is 10.2. The van der Waals surface area contributed by atoms with Gasteiger partial charge in [0.2, 0.25) is 11.8 Å². The van der Waals surface area contributed by atoms with Gasteiger partial charge < -0.3 is 29.9 Å². The van der Waals surface area contributed by atoms with Gasteiger partial charge in [-0.2, -0.15) is 0 Å². The quantitative estimate of drug-likeness (QED) is 0.217. The number of methoxy groups -OCH3 is 1. The normalized spacial score (nSPS) is 24.0. The van der Waals surface area contributed by atoms with Gasteiger partial charge in [0.1, 0.15) is 18.5 Å². The molecule has 2 aliphatic carbocycles. The molecule has 1 saturated carbocycles. The van der Waals surface area contributed by atoms with E-state index in [-0.39, 0.29) is 25.1 Å². The second kappa shape index (κ2) is 12.6. The van der Waals surface area contributed by atoms with Crippen molar-refractivity contribution in [2.45, 2.75) is 81.6 Å². The highest BCUT2D eigenvalue weighted by atomic mass is 16.5. The molecule has 1 heterocycles. The number of aldehydes is 1. The van der Waals surface area contributed by atoms with Crippen molar-refractivity contribution in [3.05, 3.63) is 47.6 Å². The first-order chi connectivity index (χ1) is 18.4. The van der Waals surface area contributed by atoms with E-state index in [1.165, 1.54) is 7.11 Å². The van der Waals surface area contributed by atoms with Crippen molar-refractivity contribution < 1.29 is 34.1 Å². The maximum atomic E-state index is 13.6. The largest absolute Gasteiger partial charge is 0.493 e. The number of rotatable bonds is 12. The van der Waals surface area contributed by atoms with Crippen LogP contribution in [0.2, 0.25) is 0 Å². The van der Waals surface area contributed by atoms with Crippen LogP contribution in [0.15, 0.2) is 36.4 Å². The van der Waals surface area contributed by atoms with Crippen LogP contribution in [0, 0.1) is 0 Å². The lowest BCUT2D eigenvalue weighted by atomic mass is 9.77. The Bertz CT molecular complexity index is 1080. The zero-order valence-electron chi connectivity index (χ0n) is 21.9. The summed E-state index contributed by atoms with van der Waals surface area (Å²) in [6.45, 7) is 3.57. The third-order valence-electron chi connectivity index (χ3n) is 7.79. The van der Waals surface area contributed by atoms with Crippen molar-refractivity contribution in [1.82, 2.24) is 10.2 Å². The van der Waals surface area contributed by atoms with Gasteiger partial charge >= 0.3 is 0 Å². The van der Waals surface area contributed by atoms with Crippen LogP contribution in [0.3, 0.4) is 0 Å². The molecule has 1 aliphatic heterocycles. The van der Waals surface area contributed by atoms with Gasteiger partial charge in [-0.25, -0.2) is 0 Å². The maximum absolute atomic E-state index is 13.6. The lowest BCUT2D eigenvalue weighted by Gasteiger charge is -2.43. The summed E-state index contributed by atoms with van der Waals surface area (Å²) in [5.74, 6) is -0.425. The molecule has 9 heteroatoms. The molecule has 3 aliphatic rings. The van der Waals surface area contributed by atoms with E-state index in [4.69, 9.17) is 9.47 Å². The summed E-state index contributed by atoms with van der Waals surface area (Å²) in [6, 6.07) is 2.41. The predicted octanol–water partition coefficient (Wildman–Crippen LogP) is 2.65. The smallest absolute Gasteiger partial charge is 0.247 e. The van der Waals surface area contributed by atoms with Gasteiger partial charge in [-0.1, -0.05) is 18.9 Å². The molecule has 1 aromatic carbocycles.